The van der Waals surface area contributed by atoms with E-state index in [4.69, 9.17) is 9.47 Å². The zero-order chi connectivity index (χ0) is 26.5. The fourth-order valence-electron chi connectivity index (χ4n) is 4.73. The Balaban J connectivity index is 1.56. The molecule has 2 aromatic rings. The minimum atomic E-state index is -0.299. The second kappa shape index (κ2) is 12.0. The summed E-state index contributed by atoms with van der Waals surface area (Å²) in [6.07, 6.45) is 1.81. The zero-order valence-corrected chi connectivity index (χ0v) is 22.3. The van der Waals surface area contributed by atoms with E-state index in [0.29, 0.717) is 24.5 Å². The molecule has 2 N–H and O–H groups in total. The van der Waals surface area contributed by atoms with E-state index in [-0.39, 0.29) is 48.8 Å². The van der Waals surface area contributed by atoms with Crippen molar-refractivity contribution >= 4 is 17.5 Å². The number of nitrogens with one attached hydrogen (secondary N) is 1. The van der Waals surface area contributed by atoms with Crippen LogP contribution in [0.2, 0.25) is 0 Å². The summed E-state index contributed by atoms with van der Waals surface area (Å²) in [5.41, 5.74) is 2.58. The molecule has 200 valence electrons. The molecule has 0 spiro atoms. The van der Waals surface area contributed by atoms with Gasteiger partial charge in [-0.1, -0.05) is 19.1 Å². The lowest BCUT2D eigenvalue weighted by molar-refractivity contribution is -0.134. The summed E-state index contributed by atoms with van der Waals surface area (Å²) in [5, 5.41) is 12.8. The van der Waals surface area contributed by atoms with E-state index < -0.39 is 0 Å². The van der Waals surface area contributed by atoms with Gasteiger partial charge in [-0.3, -0.25) is 14.5 Å². The molecule has 8 heteroatoms. The molecule has 0 saturated heterocycles. The first-order chi connectivity index (χ1) is 17.8. The molecule has 0 aromatic heterocycles. The lowest BCUT2D eigenvalue weighted by Gasteiger charge is -2.34. The molecule has 37 heavy (non-hydrogen) atoms. The quantitative estimate of drug-likeness (QED) is 0.539. The van der Waals surface area contributed by atoms with Crippen molar-refractivity contribution in [1.82, 2.24) is 9.80 Å². The number of methoxy groups -OCH3 is 1. The fourth-order valence-corrected chi connectivity index (χ4v) is 4.73. The number of nitrogens with zero attached hydrogens (tertiary/aromatic N) is 2. The normalized spacial score (nSPS) is 20.8. The van der Waals surface area contributed by atoms with Crippen LogP contribution in [0, 0.1) is 11.8 Å². The van der Waals surface area contributed by atoms with Gasteiger partial charge in [-0.25, -0.2) is 0 Å². The first-order valence-electron chi connectivity index (χ1n) is 13.1. The Hall–Kier alpha value is -3.10. The van der Waals surface area contributed by atoms with Crippen LogP contribution in [0.1, 0.15) is 37.8 Å². The number of ether oxygens (including phenoxy) is 2. The van der Waals surface area contributed by atoms with Crippen LogP contribution < -0.4 is 14.8 Å². The van der Waals surface area contributed by atoms with Crippen molar-refractivity contribution in [2.75, 3.05) is 39.2 Å². The predicted molar refractivity (Wildman–Crippen MR) is 143 cm³/mol. The summed E-state index contributed by atoms with van der Waals surface area (Å²) in [5.74, 6) is 1.57. The van der Waals surface area contributed by atoms with Gasteiger partial charge >= 0.3 is 0 Å². The van der Waals surface area contributed by atoms with Gasteiger partial charge in [0.15, 0.2) is 0 Å². The number of aliphatic hydroxyl groups is 1. The van der Waals surface area contributed by atoms with Crippen molar-refractivity contribution in [3.8, 4) is 11.5 Å². The number of likely N-dealkylation sites (N-methyl/N-ethyl adjacent to an activating group) is 1. The number of hydrogen-bond acceptors (Lipinski definition) is 6. The molecule has 0 bridgehead atoms. The molecular weight excluding hydrogens is 470 g/mol. The second-order valence-corrected chi connectivity index (χ2v) is 10.5. The van der Waals surface area contributed by atoms with Crippen LogP contribution in [-0.4, -0.2) is 72.7 Å². The van der Waals surface area contributed by atoms with Crippen molar-refractivity contribution in [3.63, 3.8) is 0 Å². The van der Waals surface area contributed by atoms with E-state index in [1.807, 2.05) is 37.3 Å². The minimum absolute atomic E-state index is 0.0245. The molecule has 8 nitrogen and oxygen atoms in total. The van der Waals surface area contributed by atoms with Crippen LogP contribution in [0.4, 0.5) is 5.69 Å². The highest BCUT2D eigenvalue weighted by molar-refractivity contribution is 5.94. The maximum Gasteiger partial charge on any atom is 0.227 e. The summed E-state index contributed by atoms with van der Waals surface area (Å²) in [4.78, 5) is 29.6. The van der Waals surface area contributed by atoms with Crippen LogP contribution in [0.25, 0.3) is 0 Å². The fraction of sp³-hybridized carbons (Fsp3) is 0.517. The van der Waals surface area contributed by atoms with Crippen LogP contribution in [0.5, 0.6) is 11.5 Å². The van der Waals surface area contributed by atoms with Crippen molar-refractivity contribution in [2.45, 2.75) is 51.8 Å². The summed E-state index contributed by atoms with van der Waals surface area (Å²) < 4.78 is 11.9. The Bertz CT molecular complexity index is 1090. The second-order valence-electron chi connectivity index (χ2n) is 10.5. The average molecular weight is 510 g/mol. The Labute approximate surface area is 219 Å². The van der Waals surface area contributed by atoms with E-state index in [0.717, 1.165) is 30.7 Å². The zero-order valence-electron chi connectivity index (χ0n) is 22.3. The van der Waals surface area contributed by atoms with Gasteiger partial charge in [-0.15, -0.1) is 0 Å². The van der Waals surface area contributed by atoms with Crippen molar-refractivity contribution < 1.29 is 24.2 Å². The van der Waals surface area contributed by atoms with E-state index in [1.54, 1.807) is 12.0 Å². The van der Waals surface area contributed by atoms with Crippen LogP contribution >= 0.6 is 0 Å². The van der Waals surface area contributed by atoms with E-state index >= 15 is 0 Å². The highest BCUT2D eigenvalue weighted by Gasteiger charge is 2.32. The molecule has 1 fully saturated rings. The standard InChI is InChI=1S/C29H39N3O5/c1-19-15-32(20(2)18-33)28(34)14-23-13-24(30-29(35)22-7-8-22)9-12-26(23)37-27(19)17-31(3)16-21-5-10-25(36-4)11-6-21/h5-6,9-13,19-20,22,27,33H,7-8,14-18H2,1-4H3,(H,30,35)/t19-,20+,27+/m1/s1. The monoisotopic (exact) mass is 509 g/mol. The van der Waals surface area contributed by atoms with Gasteiger partial charge in [-0.2, -0.15) is 0 Å². The first kappa shape index (κ1) is 26.9. The Kier molecular flexibility index (Phi) is 8.71. The van der Waals surface area contributed by atoms with E-state index in [9.17, 15) is 14.7 Å². The van der Waals surface area contributed by atoms with Crippen molar-refractivity contribution in [3.05, 3.63) is 53.6 Å². The smallest absolute Gasteiger partial charge is 0.227 e. The third-order valence-corrected chi connectivity index (χ3v) is 7.24. The largest absolute Gasteiger partial charge is 0.497 e. The van der Waals surface area contributed by atoms with Crippen LogP contribution in [0.3, 0.4) is 0 Å². The van der Waals surface area contributed by atoms with E-state index in [1.165, 1.54) is 5.56 Å². The van der Waals surface area contributed by atoms with Gasteiger partial charge in [0.1, 0.15) is 17.6 Å². The van der Waals surface area contributed by atoms with Crippen molar-refractivity contribution in [1.29, 1.82) is 0 Å². The number of benzene rings is 2. The van der Waals surface area contributed by atoms with Gasteiger partial charge in [0, 0.05) is 42.7 Å². The van der Waals surface area contributed by atoms with Crippen LogP contribution in [-0.2, 0) is 22.6 Å². The summed E-state index contributed by atoms with van der Waals surface area (Å²) >= 11 is 0. The number of rotatable bonds is 9. The number of hydrogen-bond donors (Lipinski definition) is 2. The SMILES string of the molecule is COc1ccc(CN(C)C[C@@H]2Oc3ccc(NC(=O)C4CC4)cc3CC(=O)N([C@@H](C)CO)C[C@H]2C)cc1. The maximum atomic E-state index is 13.4. The number of aliphatic hydroxyl groups excluding tert-OH is 1. The summed E-state index contributed by atoms with van der Waals surface area (Å²) in [7, 11) is 3.72. The summed E-state index contributed by atoms with van der Waals surface area (Å²) in [6.45, 7) is 5.73. The molecule has 2 amide bonds. The molecule has 4 rings (SSSR count). The highest BCUT2D eigenvalue weighted by atomic mass is 16.5. The highest BCUT2D eigenvalue weighted by Crippen LogP contribution is 2.32. The molecule has 3 atom stereocenters. The van der Waals surface area contributed by atoms with Crippen molar-refractivity contribution in [2.24, 2.45) is 11.8 Å². The number of anilines is 1. The minimum Gasteiger partial charge on any atom is -0.497 e. The first-order valence-corrected chi connectivity index (χ1v) is 13.1. The Morgan fingerprint density at radius 2 is 1.97 bits per heavy atom. The van der Waals surface area contributed by atoms with Gasteiger partial charge < -0.3 is 24.8 Å². The molecule has 0 radical (unpaired) electrons. The number of carbonyl (C=O) groups is 2. The molecule has 2 aromatic carbocycles. The Morgan fingerprint density at radius 3 is 2.62 bits per heavy atom. The molecule has 1 aliphatic carbocycles. The third kappa shape index (κ3) is 7.02. The van der Waals surface area contributed by atoms with Gasteiger partial charge in [0.25, 0.3) is 0 Å². The van der Waals surface area contributed by atoms with Gasteiger partial charge in [0.05, 0.1) is 26.2 Å². The third-order valence-electron chi connectivity index (χ3n) is 7.24. The molecular formula is C29H39N3O5. The lowest BCUT2D eigenvalue weighted by atomic mass is 10.0. The maximum absolute atomic E-state index is 13.4. The molecule has 0 unspecified atom stereocenters. The topological polar surface area (TPSA) is 91.3 Å². The average Bonchev–Trinajstić information content (AvgIpc) is 3.73. The van der Waals surface area contributed by atoms with E-state index in [2.05, 4.69) is 36.3 Å². The lowest BCUT2D eigenvalue weighted by Crippen LogP contribution is -2.47. The molecule has 1 heterocycles. The number of fused-ring (bicyclic) bond motifs is 1. The Morgan fingerprint density at radius 1 is 1.24 bits per heavy atom. The number of carbonyl (C=O) groups excluding carboxylic acids is 2. The molecule has 1 aliphatic heterocycles. The van der Waals surface area contributed by atoms with Gasteiger partial charge in [-0.05, 0) is 62.7 Å². The molecule has 2 aliphatic rings. The van der Waals surface area contributed by atoms with Crippen LogP contribution in [0.15, 0.2) is 42.5 Å². The van der Waals surface area contributed by atoms with Gasteiger partial charge in [0.2, 0.25) is 11.8 Å². The predicted octanol–water partition coefficient (Wildman–Crippen LogP) is 3.32. The molecule has 1 saturated carbocycles. The number of amides is 2. The summed E-state index contributed by atoms with van der Waals surface area (Å²) in [6, 6.07) is 13.3.